The van der Waals surface area contributed by atoms with Gasteiger partial charge in [0, 0.05) is 13.2 Å². The standard InChI is InChI=1S/C9H17NO4.ClH/c1-12-8-5-3-7(4-6-8)10-14-9(11)13-2;/h7-8,10H,3-6H2,1-2H3;1H. The molecule has 0 bridgehead atoms. The third kappa shape index (κ3) is 5.20. The van der Waals surface area contributed by atoms with Crippen molar-refractivity contribution in [1.29, 1.82) is 0 Å². The van der Waals surface area contributed by atoms with Gasteiger partial charge in [-0.15, -0.1) is 17.9 Å². The van der Waals surface area contributed by atoms with E-state index < -0.39 is 6.16 Å². The predicted octanol–water partition coefficient (Wildman–Crippen LogP) is 1.65. The minimum Gasteiger partial charge on any atom is -0.436 e. The van der Waals surface area contributed by atoms with Gasteiger partial charge in [0.2, 0.25) is 0 Å². The molecule has 0 spiro atoms. The first-order valence-corrected chi connectivity index (χ1v) is 4.79. The zero-order valence-corrected chi connectivity index (χ0v) is 9.84. The Morgan fingerprint density at radius 1 is 1.20 bits per heavy atom. The van der Waals surface area contributed by atoms with E-state index in [9.17, 15) is 4.79 Å². The minimum absolute atomic E-state index is 0. The van der Waals surface area contributed by atoms with Crippen LogP contribution in [0.2, 0.25) is 0 Å². The molecule has 6 heteroatoms. The van der Waals surface area contributed by atoms with Gasteiger partial charge in [-0.2, -0.15) is 0 Å². The molecule has 0 aliphatic heterocycles. The van der Waals surface area contributed by atoms with Crippen LogP contribution in [0.4, 0.5) is 4.79 Å². The van der Waals surface area contributed by atoms with E-state index in [1.807, 2.05) is 0 Å². The molecular formula is C9H18ClNO4. The van der Waals surface area contributed by atoms with Crippen LogP contribution in [0.15, 0.2) is 0 Å². The van der Waals surface area contributed by atoms with Crippen molar-refractivity contribution in [3.05, 3.63) is 0 Å². The van der Waals surface area contributed by atoms with Crippen LogP contribution >= 0.6 is 12.4 Å². The molecular weight excluding hydrogens is 222 g/mol. The maximum Gasteiger partial charge on any atom is 0.527 e. The zero-order valence-electron chi connectivity index (χ0n) is 9.02. The van der Waals surface area contributed by atoms with E-state index in [0.717, 1.165) is 25.7 Å². The average Bonchev–Trinajstić information content (AvgIpc) is 2.26. The van der Waals surface area contributed by atoms with Crippen LogP contribution in [0.3, 0.4) is 0 Å². The summed E-state index contributed by atoms with van der Waals surface area (Å²) in [5.41, 5.74) is 2.69. The second-order valence-electron chi connectivity index (χ2n) is 3.38. The Morgan fingerprint density at radius 2 is 1.80 bits per heavy atom. The molecule has 90 valence electrons. The fourth-order valence-corrected chi connectivity index (χ4v) is 1.59. The monoisotopic (exact) mass is 239 g/mol. The van der Waals surface area contributed by atoms with E-state index in [1.165, 1.54) is 7.11 Å². The molecule has 15 heavy (non-hydrogen) atoms. The number of hydroxylamine groups is 1. The first kappa shape index (κ1) is 14.5. The molecule has 5 nitrogen and oxygen atoms in total. The molecule has 1 saturated carbocycles. The summed E-state index contributed by atoms with van der Waals surface area (Å²) in [5, 5.41) is 0. The van der Waals surface area contributed by atoms with Crippen LogP contribution in [0.5, 0.6) is 0 Å². The van der Waals surface area contributed by atoms with Gasteiger partial charge >= 0.3 is 6.16 Å². The second kappa shape index (κ2) is 7.73. The van der Waals surface area contributed by atoms with Gasteiger partial charge in [0.1, 0.15) is 0 Å². The molecule has 1 fully saturated rings. The molecule has 1 aliphatic carbocycles. The minimum atomic E-state index is -0.695. The van der Waals surface area contributed by atoms with E-state index in [4.69, 9.17) is 4.74 Å². The number of carbonyl (C=O) groups is 1. The smallest absolute Gasteiger partial charge is 0.436 e. The van der Waals surface area contributed by atoms with Crippen molar-refractivity contribution in [3.8, 4) is 0 Å². The highest BCUT2D eigenvalue weighted by atomic mass is 35.5. The molecule has 0 aromatic carbocycles. The van der Waals surface area contributed by atoms with E-state index >= 15 is 0 Å². The van der Waals surface area contributed by atoms with Gasteiger partial charge in [-0.25, -0.2) is 4.79 Å². The first-order valence-electron chi connectivity index (χ1n) is 4.79. The van der Waals surface area contributed by atoms with Crippen LogP contribution in [-0.4, -0.2) is 32.5 Å². The lowest BCUT2D eigenvalue weighted by Gasteiger charge is -2.27. The van der Waals surface area contributed by atoms with Gasteiger partial charge in [0.25, 0.3) is 0 Å². The van der Waals surface area contributed by atoms with Gasteiger partial charge in [-0.05, 0) is 25.7 Å². The molecule has 0 heterocycles. The lowest BCUT2D eigenvalue weighted by molar-refractivity contribution is -0.00536. The van der Waals surface area contributed by atoms with E-state index in [2.05, 4.69) is 15.1 Å². The summed E-state index contributed by atoms with van der Waals surface area (Å²) in [6.07, 6.45) is 3.56. The Morgan fingerprint density at radius 3 is 2.27 bits per heavy atom. The average molecular weight is 240 g/mol. The summed E-state index contributed by atoms with van der Waals surface area (Å²) in [6, 6.07) is 0.223. The molecule has 0 atom stereocenters. The van der Waals surface area contributed by atoms with Crippen molar-refractivity contribution < 1.29 is 19.1 Å². The predicted molar refractivity (Wildman–Crippen MR) is 56.9 cm³/mol. The van der Waals surface area contributed by atoms with Crippen molar-refractivity contribution in [2.24, 2.45) is 0 Å². The second-order valence-corrected chi connectivity index (χ2v) is 3.38. The van der Waals surface area contributed by atoms with E-state index in [1.54, 1.807) is 7.11 Å². The molecule has 0 saturated heterocycles. The van der Waals surface area contributed by atoms with Gasteiger partial charge in [0.05, 0.1) is 13.2 Å². The first-order chi connectivity index (χ1) is 6.76. The van der Waals surface area contributed by atoms with Crippen LogP contribution in [0, 0.1) is 0 Å². The zero-order chi connectivity index (χ0) is 10.4. The Labute approximate surface area is 95.8 Å². The van der Waals surface area contributed by atoms with Gasteiger partial charge in [-0.3, -0.25) is 0 Å². The van der Waals surface area contributed by atoms with Crippen molar-refractivity contribution in [2.45, 2.75) is 37.8 Å². The number of carbonyl (C=O) groups excluding carboxylic acids is 1. The Kier molecular flexibility index (Phi) is 7.46. The topological polar surface area (TPSA) is 56.8 Å². The highest BCUT2D eigenvalue weighted by Gasteiger charge is 2.21. The number of halogens is 1. The lowest BCUT2D eigenvalue weighted by Crippen LogP contribution is -2.36. The molecule has 0 unspecified atom stereocenters. The molecule has 0 radical (unpaired) electrons. The number of methoxy groups -OCH3 is 2. The SMILES string of the molecule is COC(=O)ONC1CCC(OC)CC1.Cl. The number of ether oxygens (including phenoxy) is 2. The summed E-state index contributed by atoms with van der Waals surface area (Å²) >= 11 is 0. The number of rotatable bonds is 3. The van der Waals surface area contributed by atoms with Crippen LogP contribution in [-0.2, 0) is 14.3 Å². The summed E-state index contributed by atoms with van der Waals surface area (Å²) in [5.74, 6) is 0. The van der Waals surface area contributed by atoms with E-state index in [0.29, 0.717) is 6.10 Å². The third-order valence-electron chi connectivity index (χ3n) is 2.48. The number of hydrogen-bond donors (Lipinski definition) is 1. The summed E-state index contributed by atoms with van der Waals surface area (Å²) < 4.78 is 9.56. The van der Waals surface area contributed by atoms with Crippen molar-refractivity contribution in [1.82, 2.24) is 5.48 Å². The Balaban J connectivity index is 0.00000196. The van der Waals surface area contributed by atoms with Gasteiger partial charge in [-0.1, -0.05) is 0 Å². The number of hydrogen-bond acceptors (Lipinski definition) is 5. The fourth-order valence-electron chi connectivity index (χ4n) is 1.59. The highest BCUT2D eigenvalue weighted by Crippen LogP contribution is 2.20. The maximum atomic E-state index is 10.6. The van der Waals surface area contributed by atoms with Crippen LogP contribution in [0.1, 0.15) is 25.7 Å². The largest absolute Gasteiger partial charge is 0.527 e. The fraction of sp³-hybridized carbons (Fsp3) is 0.889. The lowest BCUT2D eigenvalue weighted by atomic mass is 9.94. The van der Waals surface area contributed by atoms with Crippen molar-refractivity contribution >= 4 is 18.6 Å². The highest BCUT2D eigenvalue weighted by molar-refractivity contribution is 5.85. The van der Waals surface area contributed by atoms with Crippen molar-refractivity contribution in [3.63, 3.8) is 0 Å². The molecule has 1 rings (SSSR count). The molecule has 0 amide bonds. The summed E-state index contributed by atoms with van der Waals surface area (Å²) in [7, 11) is 3.01. The Bertz CT molecular complexity index is 183. The normalized spacial score (nSPS) is 25.2. The molecule has 1 N–H and O–H groups in total. The summed E-state index contributed by atoms with van der Waals surface area (Å²) in [6.45, 7) is 0. The molecule has 0 aromatic heterocycles. The van der Waals surface area contributed by atoms with Crippen LogP contribution < -0.4 is 5.48 Å². The summed E-state index contributed by atoms with van der Waals surface area (Å²) in [4.78, 5) is 15.3. The van der Waals surface area contributed by atoms with E-state index in [-0.39, 0.29) is 18.4 Å². The van der Waals surface area contributed by atoms with Gasteiger partial charge < -0.3 is 14.3 Å². The molecule has 1 aliphatic rings. The Hall–Kier alpha value is -0.520. The van der Waals surface area contributed by atoms with Crippen LogP contribution in [0.25, 0.3) is 0 Å². The van der Waals surface area contributed by atoms with Crippen molar-refractivity contribution in [2.75, 3.05) is 14.2 Å². The maximum absolute atomic E-state index is 10.6. The quantitative estimate of drug-likeness (QED) is 0.600. The third-order valence-corrected chi connectivity index (χ3v) is 2.48. The molecule has 0 aromatic rings. The van der Waals surface area contributed by atoms with Gasteiger partial charge in [0.15, 0.2) is 0 Å². The number of nitrogens with one attached hydrogen (secondary N) is 1.